The van der Waals surface area contributed by atoms with E-state index in [1.165, 1.54) is 5.56 Å². The van der Waals surface area contributed by atoms with E-state index in [1.807, 2.05) is 54.6 Å². The predicted octanol–water partition coefficient (Wildman–Crippen LogP) is 5.71. The first kappa shape index (κ1) is 24.2. The van der Waals surface area contributed by atoms with Gasteiger partial charge in [-0.05, 0) is 60.4 Å². The molecule has 6 nitrogen and oxygen atoms in total. The first-order chi connectivity index (χ1) is 17.0. The highest BCUT2D eigenvalue weighted by Gasteiger charge is 2.37. The average Bonchev–Trinajstić information content (AvgIpc) is 3.08. The Labute approximate surface area is 209 Å². The molecule has 2 N–H and O–H groups in total. The summed E-state index contributed by atoms with van der Waals surface area (Å²) in [4.78, 5) is 39.1. The van der Waals surface area contributed by atoms with Crippen LogP contribution in [0.25, 0.3) is 0 Å². The van der Waals surface area contributed by atoms with Crippen molar-refractivity contribution in [1.82, 2.24) is 4.90 Å². The largest absolute Gasteiger partial charge is 0.350 e. The summed E-state index contributed by atoms with van der Waals surface area (Å²) in [7, 11) is 0. The van der Waals surface area contributed by atoms with Crippen molar-refractivity contribution < 1.29 is 14.4 Å². The highest BCUT2D eigenvalue weighted by molar-refractivity contribution is 6.48. The van der Waals surface area contributed by atoms with E-state index in [2.05, 4.69) is 17.6 Å². The number of aryl methyl sites for hydroxylation is 1. The molecule has 0 saturated carbocycles. The molecule has 0 atom stereocenters. The smallest absolute Gasteiger partial charge is 0.279 e. The molecule has 0 aliphatic carbocycles. The second-order valence-corrected chi connectivity index (χ2v) is 8.71. The summed E-state index contributed by atoms with van der Waals surface area (Å²) >= 11 is 6.19. The molecule has 3 aromatic rings. The van der Waals surface area contributed by atoms with E-state index in [-0.39, 0.29) is 23.2 Å². The number of nitrogens with one attached hydrogen (secondary N) is 2. The fourth-order valence-corrected chi connectivity index (χ4v) is 3.98. The molecule has 0 unspecified atom stereocenters. The van der Waals surface area contributed by atoms with E-state index in [0.29, 0.717) is 11.3 Å². The normalized spacial score (nSPS) is 13.4. The fraction of sp³-hybridized carbons (Fsp3) is 0.179. The molecule has 35 heavy (non-hydrogen) atoms. The SMILES string of the molecule is CCCCc1ccc(NC(=O)c2ccc(NC3=C(Cl)C(=O)N(Cc4ccccc4)C3=O)cc2)cc1. The summed E-state index contributed by atoms with van der Waals surface area (Å²) in [5, 5.41) is 5.66. The van der Waals surface area contributed by atoms with Crippen molar-refractivity contribution in [2.45, 2.75) is 32.7 Å². The number of amides is 3. The van der Waals surface area contributed by atoms with E-state index >= 15 is 0 Å². The number of anilines is 2. The zero-order chi connectivity index (χ0) is 24.8. The molecule has 0 aromatic heterocycles. The zero-order valence-corrected chi connectivity index (χ0v) is 20.1. The van der Waals surface area contributed by atoms with E-state index in [1.54, 1.807) is 24.3 Å². The molecule has 1 aliphatic rings. The lowest BCUT2D eigenvalue weighted by Gasteiger charge is -2.15. The molecule has 4 rings (SSSR count). The molecule has 178 valence electrons. The number of rotatable bonds is 9. The third-order valence-corrected chi connectivity index (χ3v) is 6.09. The van der Waals surface area contributed by atoms with Crippen LogP contribution in [0.3, 0.4) is 0 Å². The van der Waals surface area contributed by atoms with Crippen LogP contribution in [0.4, 0.5) is 11.4 Å². The molecule has 7 heteroatoms. The molecule has 3 aromatic carbocycles. The number of carbonyl (C=O) groups is 3. The molecule has 0 spiro atoms. The van der Waals surface area contributed by atoms with Crippen molar-refractivity contribution in [3.63, 3.8) is 0 Å². The minimum atomic E-state index is -0.542. The number of benzene rings is 3. The summed E-state index contributed by atoms with van der Waals surface area (Å²) in [6, 6.07) is 23.7. The summed E-state index contributed by atoms with van der Waals surface area (Å²) in [5.74, 6) is -1.27. The molecule has 1 aliphatic heterocycles. The maximum absolute atomic E-state index is 12.8. The average molecular weight is 488 g/mol. The van der Waals surface area contributed by atoms with Gasteiger partial charge < -0.3 is 10.6 Å². The standard InChI is InChI=1S/C28H26ClN3O3/c1-2-3-7-19-10-14-23(15-11-19)31-26(33)21-12-16-22(17-13-21)30-25-24(29)27(34)32(28(25)35)18-20-8-5-4-6-9-20/h4-6,8-17,30H,2-3,7,18H2,1H3,(H,31,33). The van der Waals surface area contributed by atoms with Crippen LogP contribution in [-0.2, 0) is 22.6 Å². The molecule has 0 saturated heterocycles. The van der Waals surface area contributed by atoms with E-state index < -0.39 is 11.8 Å². The number of hydrogen-bond acceptors (Lipinski definition) is 4. The molecular weight excluding hydrogens is 462 g/mol. The van der Waals surface area contributed by atoms with Crippen LogP contribution in [0.5, 0.6) is 0 Å². The van der Waals surface area contributed by atoms with Crippen molar-refractivity contribution in [3.8, 4) is 0 Å². The summed E-state index contributed by atoms with van der Waals surface area (Å²) in [6.07, 6.45) is 3.31. The van der Waals surface area contributed by atoms with Crippen LogP contribution in [-0.4, -0.2) is 22.6 Å². The summed E-state index contributed by atoms with van der Waals surface area (Å²) in [5.41, 5.74) is 3.82. The maximum Gasteiger partial charge on any atom is 0.279 e. The molecule has 3 amide bonds. The Kier molecular flexibility index (Phi) is 7.63. The molecule has 0 fully saturated rings. The van der Waals surface area contributed by atoms with Gasteiger partial charge in [0.1, 0.15) is 10.7 Å². The Morgan fingerprint density at radius 3 is 2.14 bits per heavy atom. The van der Waals surface area contributed by atoms with E-state index in [4.69, 9.17) is 11.6 Å². The van der Waals surface area contributed by atoms with Crippen LogP contribution < -0.4 is 10.6 Å². The molecule has 0 radical (unpaired) electrons. The van der Waals surface area contributed by atoms with Crippen LogP contribution in [0.1, 0.15) is 41.3 Å². The Morgan fingerprint density at radius 2 is 1.49 bits per heavy atom. The molecule has 1 heterocycles. The highest BCUT2D eigenvalue weighted by atomic mass is 35.5. The molecular formula is C28H26ClN3O3. The number of unbranched alkanes of at least 4 members (excludes halogenated alkanes) is 1. The third-order valence-electron chi connectivity index (χ3n) is 5.74. The predicted molar refractivity (Wildman–Crippen MR) is 138 cm³/mol. The van der Waals surface area contributed by atoms with Crippen LogP contribution in [0.2, 0.25) is 0 Å². The quantitative estimate of drug-likeness (QED) is 0.379. The summed E-state index contributed by atoms with van der Waals surface area (Å²) in [6.45, 7) is 2.30. The minimum Gasteiger partial charge on any atom is -0.350 e. The second-order valence-electron chi connectivity index (χ2n) is 8.33. The summed E-state index contributed by atoms with van der Waals surface area (Å²) < 4.78 is 0. The Morgan fingerprint density at radius 1 is 0.829 bits per heavy atom. The van der Waals surface area contributed by atoms with Gasteiger partial charge in [-0.3, -0.25) is 19.3 Å². The maximum atomic E-state index is 12.8. The van der Waals surface area contributed by atoms with Gasteiger partial charge in [-0.15, -0.1) is 0 Å². The van der Waals surface area contributed by atoms with Gasteiger partial charge in [0.2, 0.25) is 0 Å². The van der Waals surface area contributed by atoms with E-state index in [0.717, 1.165) is 35.4 Å². The number of nitrogens with zero attached hydrogens (tertiary/aromatic N) is 1. The van der Waals surface area contributed by atoms with E-state index in [9.17, 15) is 14.4 Å². The highest BCUT2D eigenvalue weighted by Crippen LogP contribution is 2.27. The van der Waals surface area contributed by atoms with Gasteiger partial charge in [-0.2, -0.15) is 0 Å². The fourth-order valence-electron chi connectivity index (χ4n) is 3.75. The van der Waals surface area contributed by atoms with Gasteiger partial charge >= 0.3 is 0 Å². The monoisotopic (exact) mass is 487 g/mol. The number of imide groups is 1. The molecule has 0 bridgehead atoms. The first-order valence-electron chi connectivity index (χ1n) is 11.5. The van der Waals surface area contributed by atoms with Crippen LogP contribution >= 0.6 is 11.6 Å². The van der Waals surface area contributed by atoms with Crippen molar-refractivity contribution in [1.29, 1.82) is 0 Å². The third kappa shape index (κ3) is 5.78. The second kappa shape index (κ2) is 11.0. The first-order valence-corrected chi connectivity index (χ1v) is 11.9. The Balaban J connectivity index is 1.38. The van der Waals surface area contributed by atoms with Gasteiger partial charge in [-0.1, -0.05) is 67.4 Å². The van der Waals surface area contributed by atoms with Crippen molar-refractivity contribution in [3.05, 3.63) is 106 Å². The van der Waals surface area contributed by atoms with Gasteiger partial charge in [0.25, 0.3) is 17.7 Å². The number of hydrogen-bond donors (Lipinski definition) is 2. The van der Waals surface area contributed by atoms with Gasteiger partial charge in [-0.25, -0.2) is 0 Å². The van der Waals surface area contributed by atoms with Crippen molar-refractivity contribution in [2.24, 2.45) is 0 Å². The lowest BCUT2D eigenvalue weighted by Crippen LogP contribution is -2.31. The van der Waals surface area contributed by atoms with Gasteiger partial charge in [0, 0.05) is 16.9 Å². The van der Waals surface area contributed by atoms with Gasteiger partial charge in [0.15, 0.2) is 0 Å². The zero-order valence-electron chi connectivity index (χ0n) is 19.4. The minimum absolute atomic E-state index is 0.0213. The lowest BCUT2D eigenvalue weighted by molar-refractivity contribution is -0.138. The Hall–Kier alpha value is -3.90. The number of carbonyl (C=O) groups excluding carboxylic acids is 3. The number of halogens is 1. The van der Waals surface area contributed by atoms with Crippen molar-refractivity contribution in [2.75, 3.05) is 10.6 Å². The topological polar surface area (TPSA) is 78.5 Å². The van der Waals surface area contributed by atoms with Crippen molar-refractivity contribution >= 4 is 40.7 Å². The van der Waals surface area contributed by atoms with Gasteiger partial charge in [0.05, 0.1) is 6.54 Å². The van der Waals surface area contributed by atoms with Crippen LogP contribution in [0.15, 0.2) is 89.6 Å². The van der Waals surface area contributed by atoms with Crippen LogP contribution in [0, 0.1) is 0 Å². The Bertz CT molecular complexity index is 1250. The lowest BCUT2D eigenvalue weighted by atomic mass is 10.1.